The molecule has 1 fully saturated rings. The van der Waals surface area contributed by atoms with Crippen LogP contribution in [0.2, 0.25) is 0 Å². The fourth-order valence-corrected chi connectivity index (χ4v) is 3.77. The molecule has 0 spiro atoms. The van der Waals surface area contributed by atoms with Gasteiger partial charge >= 0.3 is 0 Å². The third kappa shape index (κ3) is 3.59. The average molecular weight is 344 g/mol. The van der Waals surface area contributed by atoms with Crippen molar-refractivity contribution in [2.24, 2.45) is 0 Å². The van der Waals surface area contributed by atoms with Gasteiger partial charge in [-0.2, -0.15) is 0 Å². The van der Waals surface area contributed by atoms with Crippen molar-refractivity contribution in [3.63, 3.8) is 0 Å². The number of rotatable bonds is 5. The third-order valence-corrected chi connectivity index (χ3v) is 5.21. The minimum atomic E-state index is -3.44. The van der Waals surface area contributed by atoms with Crippen molar-refractivity contribution >= 4 is 27.3 Å². The number of carbonyl (C=O) groups is 1. The van der Waals surface area contributed by atoms with Gasteiger partial charge < -0.3 is 4.90 Å². The van der Waals surface area contributed by atoms with Crippen molar-refractivity contribution < 1.29 is 13.2 Å². The molecule has 0 aromatic heterocycles. The van der Waals surface area contributed by atoms with Crippen molar-refractivity contribution in [3.05, 3.63) is 60.2 Å². The van der Waals surface area contributed by atoms with Crippen LogP contribution in [0.1, 0.15) is 18.4 Å². The molecule has 1 aliphatic rings. The van der Waals surface area contributed by atoms with Crippen molar-refractivity contribution in [2.75, 3.05) is 22.0 Å². The highest BCUT2D eigenvalue weighted by Gasteiger charge is 2.24. The molecule has 0 N–H and O–H groups in total. The SMILES string of the molecule is CS(=O)(=O)N(Cc1ccccc1)c1cccc(N2CCCC2=O)c1. The molecule has 5 nitrogen and oxygen atoms in total. The van der Waals surface area contributed by atoms with Gasteiger partial charge in [0.2, 0.25) is 15.9 Å². The summed E-state index contributed by atoms with van der Waals surface area (Å²) in [7, 11) is -3.44. The second-order valence-corrected chi connectivity index (χ2v) is 7.83. The van der Waals surface area contributed by atoms with Gasteiger partial charge in [0.05, 0.1) is 18.5 Å². The summed E-state index contributed by atoms with van der Waals surface area (Å²) in [6, 6.07) is 16.6. The summed E-state index contributed by atoms with van der Waals surface area (Å²) in [6.45, 7) is 0.941. The van der Waals surface area contributed by atoms with Gasteiger partial charge in [0.1, 0.15) is 0 Å². The van der Waals surface area contributed by atoms with Crippen molar-refractivity contribution in [3.8, 4) is 0 Å². The van der Waals surface area contributed by atoms with Crippen molar-refractivity contribution in [1.82, 2.24) is 0 Å². The van der Waals surface area contributed by atoms with E-state index in [9.17, 15) is 13.2 Å². The standard InChI is InChI=1S/C18H20N2O3S/c1-24(22,23)20(14-15-7-3-2-4-8-15)17-10-5-9-16(13-17)19-12-6-11-18(19)21/h2-5,7-10,13H,6,11-12,14H2,1H3. The lowest BCUT2D eigenvalue weighted by molar-refractivity contribution is -0.117. The van der Waals surface area contributed by atoms with E-state index in [0.717, 1.165) is 17.7 Å². The van der Waals surface area contributed by atoms with E-state index in [1.807, 2.05) is 36.4 Å². The second kappa shape index (κ2) is 6.65. The van der Waals surface area contributed by atoms with Crippen LogP contribution >= 0.6 is 0 Å². The Hall–Kier alpha value is -2.34. The highest BCUT2D eigenvalue weighted by molar-refractivity contribution is 7.92. The monoisotopic (exact) mass is 344 g/mol. The van der Waals surface area contributed by atoms with Crippen LogP contribution in [0.4, 0.5) is 11.4 Å². The first-order chi connectivity index (χ1) is 11.4. The molecule has 1 heterocycles. The Bertz CT molecular complexity index is 834. The van der Waals surface area contributed by atoms with Gasteiger partial charge in [0.15, 0.2) is 0 Å². The van der Waals surface area contributed by atoms with Crippen molar-refractivity contribution in [1.29, 1.82) is 0 Å². The van der Waals surface area contributed by atoms with Gasteiger partial charge in [-0.3, -0.25) is 9.10 Å². The Kier molecular flexibility index (Phi) is 4.57. The normalized spacial score (nSPS) is 14.9. The van der Waals surface area contributed by atoms with E-state index < -0.39 is 10.0 Å². The van der Waals surface area contributed by atoms with Gasteiger partial charge in [0, 0.05) is 18.7 Å². The summed E-state index contributed by atoms with van der Waals surface area (Å²) in [4.78, 5) is 13.7. The molecule has 24 heavy (non-hydrogen) atoms. The van der Waals surface area contributed by atoms with Gasteiger partial charge in [0.25, 0.3) is 0 Å². The van der Waals surface area contributed by atoms with Crippen LogP contribution in [0.15, 0.2) is 54.6 Å². The van der Waals surface area contributed by atoms with Crippen LogP contribution in [-0.4, -0.2) is 27.1 Å². The molecular formula is C18H20N2O3S. The summed E-state index contributed by atoms with van der Waals surface area (Å²) >= 11 is 0. The third-order valence-electron chi connectivity index (χ3n) is 4.07. The largest absolute Gasteiger partial charge is 0.312 e. The Morgan fingerprint density at radius 2 is 1.83 bits per heavy atom. The molecule has 2 aromatic rings. The fourth-order valence-electron chi connectivity index (χ4n) is 2.89. The predicted molar refractivity (Wildman–Crippen MR) is 95.5 cm³/mol. The molecule has 3 rings (SSSR count). The molecule has 0 unspecified atom stereocenters. The number of carbonyl (C=O) groups excluding carboxylic acids is 1. The molecular weight excluding hydrogens is 324 g/mol. The maximum absolute atomic E-state index is 12.3. The van der Waals surface area contributed by atoms with Crippen LogP contribution in [0.25, 0.3) is 0 Å². The van der Waals surface area contributed by atoms with Crippen LogP contribution in [0, 0.1) is 0 Å². The first-order valence-electron chi connectivity index (χ1n) is 7.87. The molecule has 0 atom stereocenters. The van der Waals surface area contributed by atoms with Crippen molar-refractivity contribution in [2.45, 2.75) is 19.4 Å². The molecule has 0 radical (unpaired) electrons. The van der Waals surface area contributed by atoms with E-state index in [4.69, 9.17) is 0 Å². The minimum Gasteiger partial charge on any atom is -0.312 e. The molecule has 2 aromatic carbocycles. The molecule has 1 amide bonds. The summed E-state index contributed by atoms with van der Waals surface area (Å²) in [5.74, 6) is 0.0844. The smallest absolute Gasteiger partial charge is 0.232 e. The summed E-state index contributed by atoms with van der Waals surface area (Å²) < 4.78 is 25.9. The Morgan fingerprint density at radius 3 is 2.46 bits per heavy atom. The van der Waals surface area contributed by atoms with E-state index in [-0.39, 0.29) is 12.5 Å². The topological polar surface area (TPSA) is 57.7 Å². The van der Waals surface area contributed by atoms with Gasteiger partial charge in [-0.05, 0) is 30.2 Å². The van der Waals surface area contributed by atoms with E-state index in [1.54, 1.807) is 23.1 Å². The number of anilines is 2. The minimum absolute atomic E-state index is 0.0844. The van der Waals surface area contributed by atoms with Crippen LogP contribution < -0.4 is 9.21 Å². The van der Waals surface area contributed by atoms with Crippen LogP contribution in [0.5, 0.6) is 0 Å². The second-order valence-electron chi connectivity index (χ2n) is 5.92. The van der Waals surface area contributed by atoms with E-state index in [1.165, 1.54) is 10.6 Å². The lowest BCUT2D eigenvalue weighted by atomic mass is 10.2. The van der Waals surface area contributed by atoms with Gasteiger partial charge in [-0.1, -0.05) is 36.4 Å². The van der Waals surface area contributed by atoms with E-state index in [0.29, 0.717) is 18.7 Å². The zero-order valence-electron chi connectivity index (χ0n) is 13.6. The zero-order valence-corrected chi connectivity index (χ0v) is 14.4. The van der Waals surface area contributed by atoms with Gasteiger partial charge in [-0.15, -0.1) is 0 Å². The summed E-state index contributed by atoms with van der Waals surface area (Å²) in [6.07, 6.45) is 2.58. The van der Waals surface area contributed by atoms with E-state index in [2.05, 4.69) is 0 Å². The first kappa shape index (κ1) is 16.5. The summed E-state index contributed by atoms with van der Waals surface area (Å²) in [5, 5.41) is 0. The molecule has 0 aliphatic carbocycles. The molecule has 1 saturated heterocycles. The van der Waals surface area contributed by atoms with Gasteiger partial charge in [-0.25, -0.2) is 8.42 Å². The molecule has 1 aliphatic heterocycles. The Balaban J connectivity index is 1.95. The maximum Gasteiger partial charge on any atom is 0.232 e. The highest BCUT2D eigenvalue weighted by Crippen LogP contribution is 2.28. The molecule has 126 valence electrons. The Labute approximate surface area is 142 Å². The lowest BCUT2D eigenvalue weighted by Gasteiger charge is -2.24. The molecule has 0 bridgehead atoms. The van der Waals surface area contributed by atoms with Crippen LogP contribution in [-0.2, 0) is 21.4 Å². The lowest BCUT2D eigenvalue weighted by Crippen LogP contribution is -2.30. The number of nitrogens with zero attached hydrogens (tertiary/aromatic N) is 2. The quantitative estimate of drug-likeness (QED) is 0.838. The number of sulfonamides is 1. The zero-order chi connectivity index (χ0) is 17.2. The molecule has 6 heteroatoms. The number of hydrogen-bond donors (Lipinski definition) is 0. The maximum atomic E-state index is 12.3. The van der Waals surface area contributed by atoms with E-state index >= 15 is 0 Å². The molecule has 0 saturated carbocycles. The number of hydrogen-bond acceptors (Lipinski definition) is 3. The number of benzene rings is 2. The average Bonchev–Trinajstić information content (AvgIpc) is 2.99. The fraction of sp³-hybridized carbons (Fsp3) is 0.278. The summed E-state index contributed by atoms with van der Waals surface area (Å²) in [5.41, 5.74) is 2.22. The predicted octanol–water partition coefficient (Wildman–Crippen LogP) is 2.78. The highest BCUT2D eigenvalue weighted by atomic mass is 32.2. The first-order valence-corrected chi connectivity index (χ1v) is 9.72. The number of amides is 1. The van der Waals surface area contributed by atoms with Crippen LogP contribution in [0.3, 0.4) is 0 Å². The Morgan fingerprint density at radius 1 is 1.08 bits per heavy atom.